The van der Waals surface area contributed by atoms with Gasteiger partial charge in [-0.05, 0) is 45.2 Å². The Hall–Kier alpha value is -2.97. The maximum absolute atomic E-state index is 14.0. The van der Waals surface area contributed by atoms with Gasteiger partial charge in [0.05, 0.1) is 17.9 Å². The zero-order valence-corrected chi connectivity index (χ0v) is 21.2. The van der Waals surface area contributed by atoms with Gasteiger partial charge in [-0.15, -0.1) is 13.2 Å². The first-order valence-corrected chi connectivity index (χ1v) is 12.8. The van der Waals surface area contributed by atoms with Gasteiger partial charge in [0, 0.05) is 38.0 Å². The first kappa shape index (κ1) is 26.1. The molecular weight excluding hydrogens is 458 g/mol. The van der Waals surface area contributed by atoms with Gasteiger partial charge in [0.15, 0.2) is 0 Å². The first-order valence-electron chi connectivity index (χ1n) is 12.8. The molecule has 3 heterocycles. The minimum Gasteiger partial charge on any atom is -0.396 e. The molecule has 36 heavy (non-hydrogen) atoms. The van der Waals surface area contributed by atoms with Crippen molar-refractivity contribution in [2.24, 2.45) is 11.8 Å². The molecule has 8 nitrogen and oxygen atoms in total. The summed E-state index contributed by atoms with van der Waals surface area (Å²) < 4.78 is 6.53. The zero-order chi connectivity index (χ0) is 26.0. The molecule has 1 aromatic rings. The molecule has 0 aliphatic carbocycles. The van der Waals surface area contributed by atoms with Gasteiger partial charge in [0.1, 0.15) is 11.6 Å². The Balaban J connectivity index is 1.74. The van der Waals surface area contributed by atoms with Crippen LogP contribution >= 0.6 is 0 Å². The van der Waals surface area contributed by atoms with Crippen LogP contribution in [0.4, 0.5) is 5.69 Å². The van der Waals surface area contributed by atoms with Crippen molar-refractivity contribution in [3.05, 3.63) is 55.6 Å². The molecule has 3 saturated heterocycles. The van der Waals surface area contributed by atoms with Crippen LogP contribution in [0.3, 0.4) is 0 Å². The van der Waals surface area contributed by atoms with Crippen LogP contribution in [0.1, 0.15) is 33.1 Å². The Labute approximate surface area is 213 Å². The predicted octanol–water partition coefficient (Wildman–Crippen LogP) is 2.39. The van der Waals surface area contributed by atoms with Crippen molar-refractivity contribution in [1.82, 2.24) is 9.80 Å². The number of benzene rings is 1. The van der Waals surface area contributed by atoms with Crippen LogP contribution in [0.15, 0.2) is 55.6 Å². The van der Waals surface area contributed by atoms with E-state index in [-0.39, 0.29) is 36.9 Å². The highest BCUT2D eigenvalue weighted by Gasteiger charge is 2.74. The SMILES string of the molecule is C=CCN(C(=O)[C@@H]1[C@H]2C(=O)N(CCCO)C(C(=O)N(CC=C)C(C)C)C23CC[C@H]1O3)c1ccccc1. The van der Waals surface area contributed by atoms with E-state index in [0.717, 1.165) is 5.69 Å². The van der Waals surface area contributed by atoms with Crippen molar-refractivity contribution in [2.75, 3.05) is 31.1 Å². The fourth-order valence-electron chi connectivity index (χ4n) is 6.29. The van der Waals surface area contributed by atoms with Gasteiger partial charge in [0.25, 0.3) is 0 Å². The van der Waals surface area contributed by atoms with Crippen molar-refractivity contribution in [3.8, 4) is 0 Å². The molecule has 0 aromatic heterocycles. The third-order valence-corrected chi connectivity index (χ3v) is 7.75. The van der Waals surface area contributed by atoms with E-state index in [0.29, 0.717) is 32.4 Å². The van der Waals surface area contributed by atoms with Crippen LogP contribution in [0, 0.1) is 11.8 Å². The van der Waals surface area contributed by atoms with E-state index in [9.17, 15) is 19.5 Å². The van der Waals surface area contributed by atoms with Crippen molar-refractivity contribution in [2.45, 2.75) is 56.9 Å². The standard InChI is InChI=1S/C28H37N3O5/c1-5-15-29(19(3)4)27(35)24-28-14-13-21(36-28)22(23(28)26(34)31(24)17-10-18-32)25(33)30(16-6-2)20-11-8-7-9-12-20/h5-9,11-12,19,21-24,32H,1-2,10,13-18H2,3-4H3/t21-,22+,23+,24?,28?/m1/s1. The summed E-state index contributed by atoms with van der Waals surface area (Å²) in [6, 6.07) is 8.39. The van der Waals surface area contributed by atoms with E-state index in [1.54, 1.807) is 26.9 Å². The summed E-state index contributed by atoms with van der Waals surface area (Å²) >= 11 is 0. The lowest BCUT2D eigenvalue weighted by Gasteiger charge is -2.38. The van der Waals surface area contributed by atoms with E-state index < -0.39 is 29.6 Å². The molecule has 1 aromatic carbocycles. The molecule has 3 aliphatic rings. The normalized spacial score (nSPS) is 28.3. The lowest BCUT2D eigenvalue weighted by molar-refractivity contribution is -0.149. The highest BCUT2D eigenvalue weighted by molar-refractivity contribution is 6.03. The van der Waals surface area contributed by atoms with Crippen LogP contribution in [0.25, 0.3) is 0 Å². The molecule has 3 amide bonds. The number of aliphatic hydroxyl groups excluding tert-OH is 1. The number of ether oxygens (including phenoxy) is 1. The molecule has 0 radical (unpaired) electrons. The van der Waals surface area contributed by atoms with Crippen LogP contribution in [0.5, 0.6) is 0 Å². The van der Waals surface area contributed by atoms with Gasteiger partial charge in [-0.3, -0.25) is 14.4 Å². The number of hydrogen-bond acceptors (Lipinski definition) is 5. The monoisotopic (exact) mass is 495 g/mol. The van der Waals surface area contributed by atoms with Gasteiger partial charge in [0.2, 0.25) is 17.7 Å². The van der Waals surface area contributed by atoms with E-state index in [1.165, 1.54) is 0 Å². The number of aliphatic hydroxyl groups is 1. The van der Waals surface area contributed by atoms with Crippen LogP contribution in [-0.4, -0.2) is 82.7 Å². The molecule has 194 valence electrons. The number of carbonyl (C=O) groups is 3. The number of nitrogens with zero attached hydrogens (tertiary/aromatic N) is 3. The highest BCUT2D eigenvalue weighted by atomic mass is 16.5. The Morgan fingerprint density at radius 1 is 1.19 bits per heavy atom. The summed E-state index contributed by atoms with van der Waals surface area (Å²) in [6.45, 7) is 12.2. The maximum atomic E-state index is 14.0. The minimum atomic E-state index is -1.06. The van der Waals surface area contributed by atoms with Gasteiger partial charge >= 0.3 is 0 Å². The smallest absolute Gasteiger partial charge is 0.248 e. The number of para-hydroxylation sites is 1. The molecule has 3 aliphatic heterocycles. The predicted molar refractivity (Wildman–Crippen MR) is 137 cm³/mol. The Morgan fingerprint density at radius 2 is 1.89 bits per heavy atom. The Bertz CT molecular complexity index is 1010. The van der Waals surface area contributed by atoms with Crippen molar-refractivity contribution in [3.63, 3.8) is 0 Å². The summed E-state index contributed by atoms with van der Waals surface area (Å²) in [5.74, 6) is -2.05. The average Bonchev–Trinajstić information content (AvgIpc) is 3.51. The molecule has 1 spiro atoms. The second kappa shape index (κ2) is 10.6. The number of carbonyl (C=O) groups excluding carboxylic acids is 3. The second-order valence-electron chi connectivity index (χ2n) is 10.1. The van der Waals surface area contributed by atoms with Gasteiger partial charge in [-0.2, -0.15) is 0 Å². The quantitative estimate of drug-likeness (QED) is 0.476. The first-order chi connectivity index (χ1) is 17.3. The molecule has 5 atom stereocenters. The van der Waals surface area contributed by atoms with Gasteiger partial charge in [-0.25, -0.2) is 0 Å². The largest absolute Gasteiger partial charge is 0.396 e. The van der Waals surface area contributed by atoms with E-state index >= 15 is 0 Å². The fourth-order valence-corrected chi connectivity index (χ4v) is 6.29. The minimum absolute atomic E-state index is 0.0991. The average molecular weight is 496 g/mol. The lowest BCUT2D eigenvalue weighted by atomic mass is 9.70. The molecule has 4 rings (SSSR count). The van der Waals surface area contributed by atoms with E-state index in [1.807, 2.05) is 44.2 Å². The second-order valence-corrected chi connectivity index (χ2v) is 10.1. The number of rotatable bonds is 11. The Morgan fingerprint density at radius 3 is 2.50 bits per heavy atom. The van der Waals surface area contributed by atoms with Crippen molar-refractivity contribution < 1.29 is 24.2 Å². The summed E-state index contributed by atoms with van der Waals surface area (Å²) in [5, 5.41) is 9.50. The van der Waals surface area contributed by atoms with Crippen LogP contribution in [0.2, 0.25) is 0 Å². The van der Waals surface area contributed by atoms with E-state index in [2.05, 4.69) is 13.2 Å². The third kappa shape index (κ3) is 4.16. The fraction of sp³-hybridized carbons (Fsp3) is 0.536. The molecule has 8 heteroatoms. The number of likely N-dealkylation sites (tertiary alicyclic amines) is 1. The topological polar surface area (TPSA) is 90.4 Å². The Kier molecular flexibility index (Phi) is 7.66. The van der Waals surface area contributed by atoms with E-state index in [4.69, 9.17) is 4.74 Å². The summed E-state index contributed by atoms with van der Waals surface area (Å²) in [4.78, 5) is 46.9. The number of hydrogen-bond donors (Lipinski definition) is 1. The molecule has 3 fully saturated rings. The van der Waals surface area contributed by atoms with Crippen LogP contribution < -0.4 is 4.90 Å². The molecule has 2 unspecified atom stereocenters. The highest BCUT2D eigenvalue weighted by Crippen LogP contribution is 2.59. The van der Waals surface area contributed by atoms with Crippen molar-refractivity contribution in [1.29, 1.82) is 0 Å². The van der Waals surface area contributed by atoms with Gasteiger partial charge < -0.3 is 24.5 Å². The third-order valence-electron chi connectivity index (χ3n) is 7.75. The molecular formula is C28H37N3O5. The zero-order valence-electron chi connectivity index (χ0n) is 21.2. The number of anilines is 1. The molecule has 0 saturated carbocycles. The van der Waals surface area contributed by atoms with Gasteiger partial charge in [-0.1, -0.05) is 30.4 Å². The van der Waals surface area contributed by atoms with Crippen LogP contribution in [-0.2, 0) is 19.1 Å². The molecule has 2 bridgehead atoms. The maximum Gasteiger partial charge on any atom is 0.248 e. The summed E-state index contributed by atoms with van der Waals surface area (Å²) in [7, 11) is 0. The summed E-state index contributed by atoms with van der Waals surface area (Å²) in [6.07, 6.45) is 4.41. The molecule has 1 N–H and O–H groups in total. The summed E-state index contributed by atoms with van der Waals surface area (Å²) in [5.41, 5.74) is -0.328. The lowest BCUT2D eigenvalue weighted by Crippen LogP contribution is -2.57. The van der Waals surface area contributed by atoms with Crippen molar-refractivity contribution >= 4 is 23.4 Å². The number of amides is 3. The number of fused-ring (bicyclic) bond motifs is 1.